The summed E-state index contributed by atoms with van der Waals surface area (Å²) in [5, 5.41) is 21.1. The van der Waals surface area contributed by atoms with E-state index in [2.05, 4.69) is 15.3 Å². The molecule has 0 amide bonds. The number of hydrogen-bond donors (Lipinski definition) is 2. The topological polar surface area (TPSA) is 66.2 Å². The number of aromatic amines is 1. The molecule has 0 saturated carbocycles. The zero-order chi connectivity index (χ0) is 13.1. The molecule has 0 unspecified atom stereocenters. The molecule has 0 atom stereocenters. The number of nitrogens with zero attached hydrogens (tertiary/aromatic N) is 3. The average molecular weight is 283 g/mol. The molecule has 2 rings (SSSR count). The van der Waals surface area contributed by atoms with Gasteiger partial charge in [0.2, 0.25) is 4.77 Å². The van der Waals surface area contributed by atoms with Crippen molar-refractivity contribution in [3.05, 3.63) is 39.4 Å². The van der Waals surface area contributed by atoms with Crippen molar-refractivity contribution in [2.24, 2.45) is 5.10 Å². The Labute approximate surface area is 114 Å². The third kappa shape index (κ3) is 2.60. The van der Waals surface area contributed by atoms with Crippen molar-refractivity contribution < 1.29 is 5.11 Å². The highest BCUT2D eigenvalue weighted by Crippen LogP contribution is 2.19. The summed E-state index contributed by atoms with van der Waals surface area (Å²) >= 11 is 10.9. The first-order chi connectivity index (χ1) is 8.61. The number of halogens is 1. The lowest BCUT2D eigenvalue weighted by Crippen LogP contribution is -1.97. The van der Waals surface area contributed by atoms with Crippen molar-refractivity contribution in [1.82, 2.24) is 14.9 Å². The largest absolute Gasteiger partial charge is 0.507 e. The van der Waals surface area contributed by atoms with E-state index < -0.39 is 0 Å². The first-order valence-electron chi connectivity index (χ1n) is 5.31. The molecule has 0 spiro atoms. The summed E-state index contributed by atoms with van der Waals surface area (Å²) in [6.07, 6.45) is 2.19. The van der Waals surface area contributed by atoms with Crippen molar-refractivity contribution in [3.8, 4) is 5.75 Å². The zero-order valence-corrected chi connectivity index (χ0v) is 11.2. The lowest BCUT2D eigenvalue weighted by atomic mass is 10.2. The number of hydrogen-bond acceptors (Lipinski definition) is 4. The third-order valence-electron chi connectivity index (χ3n) is 2.34. The summed E-state index contributed by atoms with van der Waals surface area (Å²) in [5.41, 5.74) is 0.521. The number of nitrogens with one attached hydrogen (secondary N) is 1. The Hall–Kier alpha value is -1.66. The molecule has 0 aliphatic carbocycles. The van der Waals surface area contributed by atoms with Crippen molar-refractivity contribution in [3.63, 3.8) is 0 Å². The Morgan fingerprint density at radius 1 is 1.61 bits per heavy atom. The van der Waals surface area contributed by atoms with Crippen LogP contribution in [0, 0.1) is 4.77 Å². The van der Waals surface area contributed by atoms with Crippen LogP contribution in [0.4, 0.5) is 0 Å². The Kier molecular flexibility index (Phi) is 3.78. The summed E-state index contributed by atoms with van der Waals surface area (Å²) < 4.78 is 1.92. The molecule has 2 aromatic rings. The zero-order valence-electron chi connectivity index (χ0n) is 9.59. The minimum atomic E-state index is 0.108. The average Bonchev–Trinajstić information content (AvgIpc) is 2.71. The lowest BCUT2D eigenvalue weighted by Gasteiger charge is -2.00. The standard InChI is InChI=1S/C11H11ClN4OS/c1-2-10-14-15-11(18)16(10)13-6-7-5-8(12)3-4-9(7)17/h3-6,17H,2H2,1H3,(H,15,18). The van der Waals surface area contributed by atoms with Crippen LogP contribution in [0.15, 0.2) is 23.3 Å². The molecular formula is C11H11ClN4OS. The van der Waals surface area contributed by atoms with Gasteiger partial charge in [-0.3, -0.25) is 5.10 Å². The van der Waals surface area contributed by atoms with Gasteiger partial charge in [-0.1, -0.05) is 18.5 Å². The molecule has 0 aliphatic rings. The number of phenolic OH excluding ortho intramolecular Hbond substituents is 1. The molecule has 0 aliphatic heterocycles. The van der Waals surface area contributed by atoms with Gasteiger partial charge in [-0.25, -0.2) is 0 Å². The van der Waals surface area contributed by atoms with Gasteiger partial charge < -0.3 is 5.11 Å². The fraction of sp³-hybridized carbons (Fsp3) is 0.182. The van der Waals surface area contributed by atoms with Crippen LogP contribution in [0.1, 0.15) is 18.3 Å². The van der Waals surface area contributed by atoms with Crippen LogP contribution in [-0.4, -0.2) is 26.2 Å². The van der Waals surface area contributed by atoms with Crippen LogP contribution >= 0.6 is 23.8 Å². The second-order valence-corrected chi connectivity index (χ2v) is 4.38. The maximum Gasteiger partial charge on any atom is 0.216 e. The normalized spacial score (nSPS) is 11.2. The van der Waals surface area contributed by atoms with Crippen LogP contribution in [0.3, 0.4) is 0 Å². The summed E-state index contributed by atoms with van der Waals surface area (Å²) in [6, 6.07) is 4.74. The number of aromatic nitrogens is 3. The van der Waals surface area contributed by atoms with Gasteiger partial charge in [-0.15, -0.1) is 0 Å². The van der Waals surface area contributed by atoms with E-state index in [0.29, 0.717) is 21.8 Å². The SMILES string of the molecule is CCc1n[nH]c(=S)n1N=Cc1cc(Cl)ccc1O. The van der Waals surface area contributed by atoms with Crippen molar-refractivity contribution in [2.45, 2.75) is 13.3 Å². The third-order valence-corrected chi connectivity index (χ3v) is 2.83. The molecule has 7 heteroatoms. The molecule has 1 aromatic carbocycles. The molecule has 0 fully saturated rings. The number of aryl methyl sites for hydroxylation is 1. The molecule has 1 aromatic heterocycles. The fourth-order valence-corrected chi connectivity index (χ4v) is 1.80. The van der Waals surface area contributed by atoms with E-state index in [1.54, 1.807) is 12.1 Å². The second kappa shape index (κ2) is 5.32. The predicted octanol–water partition coefficient (Wildman–Crippen LogP) is 2.74. The van der Waals surface area contributed by atoms with Gasteiger partial charge in [0.1, 0.15) is 5.75 Å². The van der Waals surface area contributed by atoms with Crippen LogP contribution in [0.25, 0.3) is 0 Å². The highest BCUT2D eigenvalue weighted by molar-refractivity contribution is 7.71. The van der Waals surface area contributed by atoms with E-state index >= 15 is 0 Å². The highest BCUT2D eigenvalue weighted by atomic mass is 35.5. The summed E-state index contributed by atoms with van der Waals surface area (Å²) in [5.74, 6) is 0.828. The van der Waals surface area contributed by atoms with E-state index in [9.17, 15) is 5.11 Å². The van der Waals surface area contributed by atoms with Crippen LogP contribution in [0.2, 0.25) is 5.02 Å². The Morgan fingerprint density at radius 3 is 3.11 bits per heavy atom. The fourth-order valence-electron chi connectivity index (χ4n) is 1.42. The maximum atomic E-state index is 9.65. The Balaban J connectivity index is 2.38. The van der Waals surface area contributed by atoms with Gasteiger partial charge in [-0.2, -0.15) is 14.9 Å². The predicted molar refractivity (Wildman–Crippen MR) is 72.9 cm³/mol. The highest BCUT2D eigenvalue weighted by Gasteiger charge is 2.03. The van der Waals surface area contributed by atoms with E-state index in [1.807, 2.05) is 6.92 Å². The Bertz CT molecular complexity index is 647. The van der Waals surface area contributed by atoms with Crippen LogP contribution in [-0.2, 0) is 6.42 Å². The summed E-state index contributed by atoms with van der Waals surface area (Å²) in [7, 11) is 0. The minimum Gasteiger partial charge on any atom is -0.507 e. The Morgan fingerprint density at radius 2 is 2.39 bits per heavy atom. The molecule has 94 valence electrons. The van der Waals surface area contributed by atoms with Gasteiger partial charge >= 0.3 is 0 Å². The molecule has 18 heavy (non-hydrogen) atoms. The lowest BCUT2D eigenvalue weighted by molar-refractivity contribution is 0.474. The van der Waals surface area contributed by atoms with Gasteiger partial charge in [0, 0.05) is 17.0 Å². The molecule has 0 saturated heterocycles. The summed E-state index contributed by atoms with van der Waals surface area (Å²) in [6.45, 7) is 1.95. The number of rotatable bonds is 3. The first-order valence-corrected chi connectivity index (χ1v) is 6.09. The van der Waals surface area contributed by atoms with Crippen molar-refractivity contribution in [1.29, 1.82) is 0 Å². The molecule has 1 heterocycles. The van der Waals surface area contributed by atoms with Crippen LogP contribution < -0.4 is 0 Å². The van der Waals surface area contributed by atoms with Crippen molar-refractivity contribution >= 4 is 30.0 Å². The quantitative estimate of drug-likeness (QED) is 0.672. The maximum absolute atomic E-state index is 9.65. The van der Waals surface area contributed by atoms with Crippen molar-refractivity contribution in [2.75, 3.05) is 0 Å². The number of benzene rings is 1. The van der Waals surface area contributed by atoms with Crippen LogP contribution in [0.5, 0.6) is 5.75 Å². The number of aromatic hydroxyl groups is 1. The van der Waals surface area contributed by atoms with Gasteiger partial charge in [-0.05, 0) is 30.4 Å². The van der Waals surface area contributed by atoms with Gasteiger partial charge in [0.25, 0.3) is 0 Å². The second-order valence-electron chi connectivity index (χ2n) is 3.56. The molecule has 0 radical (unpaired) electrons. The van der Waals surface area contributed by atoms with Gasteiger partial charge in [0.05, 0.1) is 6.21 Å². The van der Waals surface area contributed by atoms with Gasteiger partial charge in [0.15, 0.2) is 5.82 Å². The molecule has 2 N–H and O–H groups in total. The van der Waals surface area contributed by atoms with E-state index in [1.165, 1.54) is 17.0 Å². The molecule has 0 bridgehead atoms. The number of phenols is 1. The monoisotopic (exact) mass is 282 g/mol. The van der Waals surface area contributed by atoms with E-state index in [0.717, 1.165) is 5.82 Å². The van der Waals surface area contributed by atoms with E-state index in [4.69, 9.17) is 23.8 Å². The minimum absolute atomic E-state index is 0.108. The first kappa shape index (κ1) is 12.8. The van der Waals surface area contributed by atoms with E-state index in [-0.39, 0.29) is 5.75 Å². The number of H-pyrrole nitrogens is 1. The molecular weight excluding hydrogens is 272 g/mol. The molecule has 5 nitrogen and oxygen atoms in total. The smallest absolute Gasteiger partial charge is 0.216 e. The summed E-state index contributed by atoms with van der Waals surface area (Å²) in [4.78, 5) is 0.